The second-order valence-electron chi connectivity index (χ2n) is 4.94. The molecule has 1 aliphatic rings. The largest absolute Gasteiger partial charge is 0.383 e. The molecule has 0 spiro atoms. The highest BCUT2D eigenvalue weighted by molar-refractivity contribution is 5.98. The van der Waals surface area contributed by atoms with Crippen LogP contribution in [-0.4, -0.2) is 25.0 Å². The second-order valence-corrected chi connectivity index (χ2v) is 4.94. The molecule has 1 aromatic rings. The Hall–Kier alpha value is -1.55. The van der Waals surface area contributed by atoms with Crippen LogP contribution in [0.2, 0.25) is 0 Å². The molecule has 4 N–H and O–H groups in total. The molecule has 2 rings (SSSR count). The minimum atomic E-state index is -0.380. The van der Waals surface area contributed by atoms with Crippen molar-refractivity contribution in [3.8, 4) is 0 Å². The Bertz CT molecular complexity index is 425. The smallest absolute Gasteiger partial charge is 0.250 e. The number of hydrogen-bond acceptors (Lipinski definition) is 3. The number of amides is 1. The number of piperidine rings is 1. The van der Waals surface area contributed by atoms with Gasteiger partial charge in [0.05, 0.1) is 5.56 Å². The maximum atomic E-state index is 11.4. The molecule has 0 saturated carbocycles. The van der Waals surface area contributed by atoms with E-state index in [0.717, 1.165) is 24.3 Å². The quantitative estimate of drug-likeness (QED) is 0.758. The lowest BCUT2D eigenvalue weighted by molar-refractivity contribution is 0.100. The van der Waals surface area contributed by atoms with Crippen LogP contribution in [0, 0.1) is 6.92 Å². The molecular formula is C14H21N3O. The third-order valence-electron chi connectivity index (χ3n) is 3.39. The van der Waals surface area contributed by atoms with Gasteiger partial charge in [-0.3, -0.25) is 4.79 Å². The summed E-state index contributed by atoms with van der Waals surface area (Å²) >= 11 is 0. The van der Waals surface area contributed by atoms with Gasteiger partial charge in [0.25, 0.3) is 5.91 Å². The summed E-state index contributed by atoms with van der Waals surface area (Å²) < 4.78 is 0. The van der Waals surface area contributed by atoms with Crippen molar-refractivity contribution in [1.82, 2.24) is 5.32 Å². The molecule has 1 aromatic carbocycles. The number of anilines is 1. The monoisotopic (exact) mass is 247 g/mol. The van der Waals surface area contributed by atoms with Crippen molar-refractivity contribution in [1.29, 1.82) is 0 Å². The number of benzene rings is 1. The molecule has 0 bridgehead atoms. The Balaban J connectivity index is 2.03. The predicted octanol–water partition coefficient (Wildman–Crippen LogP) is 1.65. The van der Waals surface area contributed by atoms with E-state index in [9.17, 15) is 4.79 Å². The van der Waals surface area contributed by atoms with E-state index in [1.165, 1.54) is 19.3 Å². The molecule has 1 fully saturated rings. The molecule has 1 unspecified atom stereocenters. The minimum Gasteiger partial charge on any atom is -0.383 e. The van der Waals surface area contributed by atoms with Crippen LogP contribution in [0.25, 0.3) is 0 Å². The van der Waals surface area contributed by atoms with Crippen molar-refractivity contribution >= 4 is 11.6 Å². The highest BCUT2D eigenvalue weighted by Crippen LogP contribution is 2.18. The fourth-order valence-corrected chi connectivity index (χ4v) is 2.35. The number of hydrogen-bond donors (Lipinski definition) is 3. The zero-order chi connectivity index (χ0) is 13.0. The number of primary amides is 1. The van der Waals surface area contributed by atoms with Crippen LogP contribution in [-0.2, 0) is 0 Å². The maximum absolute atomic E-state index is 11.4. The van der Waals surface area contributed by atoms with Crippen LogP contribution in [0.3, 0.4) is 0 Å². The Kier molecular flexibility index (Phi) is 4.20. The molecule has 0 aromatic heterocycles. The van der Waals surface area contributed by atoms with Crippen LogP contribution < -0.4 is 16.4 Å². The van der Waals surface area contributed by atoms with Gasteiger partial charge < -0.3 is 16.4 Å². The van der Waals surface area contributed by atoms with Crippen molar-refractivity contribution in [3.63, 3.8) is 0 Å². The van der Waals surface area contributed by atoms with Gasteiger partial charge in [-0.2, -0.15) is 0 Å². The summed E-state index contributed by atoms with van der Waals surface area (Å²) in [4.78, 5) is 11.4. The van der Waals surface area contributed by atoms with Gasteiger partial charge in [0.1, 0.15) is 0 Å². The summed E-state index contributed by atoms with van der Waals surface area (Å²) in [6, 6.07) is 6.15. The van der Waals surface area contributed by atoms with Gasteiger partial charge in [-0.15, -0.1) is 0 Å². The predicted molar refractivity (Wildman–Crippen MR) is 73.8 cm³/mol. The van der Waals surface area contributed by atoms with Crippen LogP contribution >= 0.6 is 0 Å². The number of nitrogens with one attached hydrogen (secondary N) is 2. The number of aryl methyl sites for hydroxylation is 1. The van der Waals surface area contributed by atoms with Crippen LogP contribution in [0.1, 0.15) is 35.2 Å². The molecule has 0 radical (unpaired) electrons. The van der Waals surface area contributed by atoms with Crippen LogP contribution in [0.4, 0.5) is 5.69 Å². The van der Waals surface area contributed by atoms with E-state index in [4.69, 9.17) is 5.73 Å². The summed E-state index contributed by atoms with van der Waals surface area (Å²) in [6.45, 7) is 3.93. The maximum Gasteiger partial charge on any atom is 0.250 e. The number of nitrogens with two attached hydrogens (primary N) is 1. The zero-order valence-corrected chi connectivity index (χ0v) is 10.8. The van der Waals surface area contributed by atoms with Gasteiger partial charge in [0, 0.05) is 18.3 Å². The van der Waals surface area contributed by atoms with Gasteiger partial charge in [-0.25, -0.2) is 0 Å². The number of carbonyl (C=O) groups excluding carboxylic acids is 1. The first-order valence-electron chi connectivity index (χ1n) is 6.54. The van der Waals surface area contributed by atoms with Crippen LogP contribution in [0.5, 0.6) is 0 Å². The molecule has 1 aliphatic heterocycles. The van der Waals surface area contributed by atoms with Crippen molar-refractivity contribution in [2.24, 2.45) is 5.73 Å². The molecule has 4 heteroatoms. The third-order valence-corrected chi connectivity index (χ3v) is 3.39. The van der Waals surface area contributed by atoms with Crippen molar-refractivity contribution in [3.05, 3.63) is 29.3 Å². The number of carbonyl (C=O) groups is 1. The highest BCUT2D eigenvalue weighted by atomic mass is 16.1. The van der Waals surface area contributed by atoms with E-state index in [1.807, 2.05) is 19.1 Å². The van der Waals surface area contributed by atoms with Crippen molar-refractivity contribution < 1.29 is 4.79 Å². The van der Waals surface area contributed by atoms with E-state index >= 15 is 0 Å². The molecule has 1 amide bonds. The normalized spacial score (nSPS) is 19.5. The summed E-state index contributed by atoms with van der Waals surface area (Å²) in [5.74, 6) is -0.380. The van der Waals surface area contributed by atoms with Crippen molar-refractivity contribution in [2.75, 3.05) is 18.4 Å². The van der Waals surface area contributed by atoms with E-state index in [0.29, 0.717) is 11.6 Å². The van der Waals surface area contributed by atoms with E-state index in [2.05, 4.69) is 10.6 Å². The first-order valence-corrected chi connectivity index (χ1v) is 6.54. The first-order chi connectivity index (χ1) is 8.66. The standard InChI is InChI=1S/C14H21N3O/c1-10-5-6-12(14(15)18)13(8-10)17-9-11-4-2-3-7-16-11/h5-6,8,11,16-17H,2-4,7,9H2,1H3,(H2,15,18). The third kappa shape index (κ3) is 3.23. The molecule has 98 valence electrons. The highest BCUT2D eigenvalue weighted by Gasteiger charge is 2.14. The van der Waals surface area contributed by atoms with Crippen LogP contribution in [0.15, 0.2) is 18.2 Å². The lowest BCUT2D eigenvalue weighted by Crippen LogP contribution is -2.39. The van der Waals surface area contributed by atoms with Gasteiger partial charge in [0.15, 0.2) is 0 Å². The second kappa shape index (κ2) is 5.87. The summed E-state index contributed by atoms with van der Waals surface area (Å²) in [6.07, 6.45) is 3.72. The molecule has 1 atom stereocenters. The Morgan fingerprint density at radius 2 is 2.33 bits per heavy atom. The molecular weight excluding hydrogens is 226 g/mol. The molecule has 18 heavy (non-hydrogen) atoms. The topological polar surface area (TPSA) is 67.2 Å². The Morgan fingerprint density at radius 3 is 3.00 bits per heavy atom. The SMILES string of the molecule is Cc1ccc(C(N)=O)c(NCC2CCCCN2)c1. The van der Waals surface area contributed by atoms with Gasteiger partial charge in [-0.1, -0.05) is 12.5 Å². The fourth-order valence-electron chi connectivity index (χ4n) is 2.35. The Morgan fingerprint density at radius 1 is 1.50 bits per heavy atom. The summed E-state index contributed by atoms with van der Waals surface area (Å²) in [5.41, 5.74) is 7.91. The Labute approximate surface area is 108 Å². The van der Waals surface area contributed by atoms with E-state index in [-0.39, 0.29) is 5.91 Å². The van der Waals surface area contributed by atoms with Gasteiger partial charge in [-0.05, 0) is 44.0 Å². The van der Waals surface area contributed by atoms with Gasteiger partial charge >= 0.3 is 0 Å². The molecule has 4 nitrogen and oxygen atoms in total. The average Bonchev–Trinajstić information content (AvgIpc) is 2.37. The summed E-state index contributed by atoms with van der Waals surface area (Å²) in [5, 5.41) is 6.82. The minimum absolute atomic E-state index is 0.380. The lowest BCUT2D eigenvalue weighted by Gasteiger charge is -2.24. The lowest BCUT2D eigenvalue weighted by atomic mass is 10.0. The average molecular weight is 247 g/mol. The summed E-state index contributed by atoms with van der Waals surface area (Å²) in [7, 11) is 0. The van der Waals surface area contributed by atoms with Crippen molar-refractivity contribution in [2.45, 2.75) is 32.2 Å². The first kappa shape index (κ1) is 12.9. The van der Waals surface area contributed by atoms with E-state index in [1.54, 1.807) is 6.07 Å². The molecule has 1 saturated heterocycles. The van der Waals surface area contributed by atoms with E-state index < -0.39 is 0 Å². The molecule has 1 heterocycles. The number of rotatable bonds is 4. The molecule has 0 aliphatic carbocycles. The zero-order valence-electron chi connectivity index (χ0n) is 10.8. The van der Waals surface area contributed by atoms with Gasteiger partial charge in [0.2, 0.25) is 0 Å². The fraction of sp³-hybridized carbons (Fsp3) is 0.500.